The molecule has 2 heterocycles. The highest BCUT2D eigenvalue weighted by Crippen LogP contribution is 2.40. The van der Waals surface area contributed by atoms with Crippen LogP contribution in [0.25, 0.3) is 0 Å². The van der Waals surface area contributed by atoms with Crippen LogP contribution in [-0.4, -0.2) is 69.0 Å². The van der Waals surface area contributed by atoms with E-state index in [0.29, 0.717) is 56.1 Å². The van der Waals surface area contributed by atoms with Gasteiger partial charge in [-0.2, -0.15) is 0 Å². The molecule has 1 aliphatic rings. The first-order valence-electron chi connectivity index (χ1n) is 14.9. The molecule has 4 rings (SSSR count). The number of thiophene rings is 1. The molecule has 1 aromatic heterocycles. The maximum absolute atomic E-state index is 12.9. The zero-order valence-corrected chi connectivity index (χ0v) is 26.3. The molecule has 0 saturated carbocycles. The van der Waals surface area contributed by atoms with E-state index in [4.69, 9.17) is 14.2 Å². The summed E-state index contributed by atoms with van der Waals surface area (Å²) in [6, 6.07) is 14.7. The van der Waals surface area contributed by atoms with Gasteiger partial charge in [-0.25, -0.2) is 0 Å². The summed E-state index contributed by atoms with van der Waals surface area (Å²) in [6.07, 6.45) is 5.75. The number of aryl methyl sites for hydroxylation is 3. The SMILES string of the molecule is COc1ccc(CN2CCN(C(=O)CCCC(=O)c3cc(CCCCc4ccc(C)cc4)cs3)CC2)c(OC)c1OC. The highest BCUT2D eigenvalue weighted by atomic mass is 32.1. The molecule has 7 nitrogen and oxygen atoms in total. The standard InChI is InChI=1S/C34H44N2O5S/c1-25-12-14-26(15-13-25)8-5-6-9-27-22-31(42-24-27)29(37)10-7-11-32(38)36-20-18-35(19-21-36)23-28-16-17-30(39-2)34(41-4)33(28)40-3/h12-17,22,24H,5-11,18-21,23H2,1-4H3. The van der Waals surface area contributed by atoms with Crippen molar-refractivity contribution in [3.63, 3.8) is 0 Å². The molecule has 0 N–H and O–H groups in total. The van der Waals surface area contributed by atoms with E-state index in [9.17, 15) is 9.59 Å². The van der Waals surface area contributed by atoms with E-state index in [0.717, 1.165) is 49.2 Å². The fourth-order valence-electron chi connectivity index (χ4n) is 5.43. The monoisotopic (exact) mass is 592 g/mol. The predicted octanol–water partition coefficient (Wildman–Crippen LogP) is 6.35. The van der Waals surface area contributed by atoms with E-state index in [1.165, 1.54) is 28.0 Å². The van der Waals surface area contributed by atoms with Crippen molar-refractivity contribution in [2.75, 3.05) is 47.5 Å². The van der Waals surface area contributed by atoms with Gasteiger partial charge >= 0.3 is 0 Å². The van der Waals surface area contributed by atoms with Gasteiger partial charge in [-0.15, -0.1) is 11.3 Å². The summed E-state index contributed by atoms with van der Waals surface area (Å²) in [5.41, 5.74) is 4.94. The Hall–Kier alpha value is -3.36. The van der Waals surface area contributed by atoms with E-state index < -0.39 is 0 Å². The van der Waals surface area contributed by atoms with Gasteiger partial charge in [0.2, 0.25) is 11.7 Å². The lowest BCUT2D eigenvalue weighted by Gasteiger charge is -2.35. The molecule has 1 aliphatic heterocycles. The fourth-order valence-corrected chi connectivity index (χ4v) is 6.35. The van der Waals surface area contributed by atoms with Crippen molar-refractivity contribution in [3.05, 3.63) is 75.0 Å². The second kappa shape index (κ2) is 15.8. The van der Waals surface area contributed by atoms with Crippen molar-refractivity contribution in [1.29, 1.82) is 0 Å². The van der Waals surface area contributed by atoms with Crippen molar-refractivity contribution in [3.8, 4) is 17.2 Å². The Morgan fingerprint density at radius 1 is 0.786 bits per heavy atom. The third-order valence-corrected chi connectivity index (χ3v) is 8.95. The summed E-state index contributed by atoms with van der Waals surface area (Å²) in [5.74, 6) is 2.18. The summed E-state index contributed by atoms with van der Waals surface area (Å²) >= 11 is 1.53. The van der Waals surface area contributed by atoms with Gasteiger partial charge in [0, 0.05) is 51.1 Å². The van der Waals surface area contributed by atoms with Crippen LogP contribution in [0.1, 0.15) is 64.0 Å². The van der Waals surface area contributed by atoms with Crippen molar-refractivity contribution >= 4 is 23.0 Å². The van der Waals surface area contributed by atoms with Gasteiger partial charge in [0.05, 0.1) is 26.2 Å². The molecule has 0 unspecified atom stereocenters. The number of hydrogen-bond acceptors (Lipinski definition) is 7. The molecule has 0 radical (unpaired) electrons. The summed E-state index contributed by atoms with van der Waals surface area (Å²) in [7, 11) is 4.85. The zero-order chi connectivity index (χ0) is 29.9. The summed E-state index contributed by atoms with van der Waals surface area (Å²) in [5, 5.41) is 2.11. The number of ether oxygens (including phenoxy) is 3. The summed E-state index contributed by atoms with van der Waals surface area (Å²) in [6.45, 7) is 5.74. The molecule has 1 amide bonds. The van der Waals surface area contributed by atoms with Gasteiger partial charge in [0.25, 0.3) is 0 Å². The van der Waals surface area contributed by atoms with Crippen LogP contribution < -0.4 is 14.2 Å². The highest BCUT2D eigenvalue weighted by Gasteiger charge is 2.23. The second-order valence-corrected chi connectivity index (χ2v) is 11.9. The summed E-state index contributed by atoms with van der Waals surface area (Å²) < 4.78 is 16.5. The minimum atomic E-state index is 0.131. The Kier molecular flexibility index (Phi) is 11.8. The van der Waals surface area contributed by atoms with Crippen molar-refractivity contribution in [2.24, 2.45) is 0 Å². The van der Waals surface area contributed by atoms with Crippen LogP contribution in [0.3, 0.4) is 0 Å². The number of hydrogen-bond donors (Lipinski definition) is 0. The largest absolute Gasteiger partial charge is 0.493 e. The average Bonchev–Trinajstić information content (AvgIpc) is 3.49. The van der Waals surface area contributed by atoms with Crippen LogP contribution in [0.5, 0.6) is 17.2 Å². The Morgan fingerprint density at radius 2 is 1.48 bits per heavy atom. The Labute approximate surface area is 254 Å². The first-order valence-corrected chi connectivity index (χ1v) is 15.7. The number of Topliss-reactive ketones (excluding diaryl/α,β-unsaturated/α-hetero) is 1. The lowest BCUT2D eigenvalue weighted by atomic mass is 10.0. The van der Waals surface area contributed by atoms with Crippen LogP contribution >= 0.6 is 11.3 Å². The van der Waals surface area contributed by atoms with Gasteiger partial charge in [0.1, 0.15) is 0 Å². The number of amides is 1. The van der Waals surface area contributed by atoms with Gasteiger partial charge in [0.15, 0.2) is 17.3 Å². The third kappa shape index (κ3) is 8.58. The Bertz CT molecular complexity index is 1310. The quantitative estimate of drug-likeness (QED) is 0.151. The molecule has 0 atom stereocenters. The number of piperazine rings is 1. The van der Waals surface area contributed by atoms with Crippen LogP contribution in [0.2, 0.25) is 0 Å². The molecule has 2 aromatic carbocycles. The number of rotatable bonds is 15. The number of benzene rings is 2. The van der Waals surface area contributed by atoms with Crippen molar-refractivity contribution in [1.82, 2.24) is 9.80 Å². The molecule has 0 aliphatic carbocycles. The maximum atomic E-state index is 12.9. The molecule has 3 aromatic rings. The van der Waals surface area contributed by atoms with E-state index in [-0.39, 0.29) is 11.7 Å². The lowest BCUT2D eigenvalue weighted by Crippen LogP contribution is -2.48. The molecule has 1 fully saturated rings. The van der Waals surface area contributed by atoms with Crippen molar-refractivity contribution < 1.29 is 23.8 Å². The summed E-state index contributed by atoms with van der Waals surface area (Å²) in [4.78, 5) is 30.7. The van der Waals surface area contributed by atoms with E-state index in [1.807, 2.05) is 23.1 Å². The van der Waals surface area contributed by atoms with Gasteiger partial charge in [-0.3, -0.25) is 14.5 Å². The predicted molar refractivity (Wildman–Crippen MR) is 168 cm³/mol. The molecule has 42 heavy (non-hydrogen) atoms. The van der Waals surface area contributed by atoms with Crippen LogP contribution in [0.15, 0.2) is 47.8 Å². The minimum absolute atomic E-state index is 0.131. The Balaban J connectivity index is 1.14. The van der Waals surface area contributed by atoms with Crippen molar-refractivity contribution in [2.45, 2.75) is 58.4 Å². The normalized spacial score (nSPS) is 13.7. The molecule has 1 saturated heterocycles. The van der Waals surface area contributed by atoms with Gasteiger partial charge in [-0.1, -0.05) is 35.9 Å². The molecule has 0 spiro atoms. The topological polar surface area (TPSA) is 68.3 Å². The number of unbranched alkanes of at least 4 members (excludes halogenated alkanes) is 1. The lowest BCUT2D eigenvalue weighted by molar-refractivity contribution is -0.133. The number of nitrogens with zero attached hydrogens (tertiary/aromatic N) is 2. The maximum Gasteiger partial charge on any atom is 0.222 e. The van der Waals surface area contributed by atoms with Gasteiger partial charge in [-0.05, 0) is 67.7 Å². The molecule has 226 valence electrons. The average molecular weight is 593 g/mol. The van der Waals surface area contributed by atoms with Crippen LogP contribution in [-0.2, 0) is 24.2 Å². The first-order chi connectivity index (χ1) is 20.4. The first kappa shape index (κ1) is 31.6. The smallest absolute Gasteiger partial charge is 0.222 e. The van der Waals surface area contributed by atoms with Crippen LogP contribution in [0.4, 0.5) is 0 Å². The van der Waals surface area contributed by atoms with E-state index in [2.05, 4.69) is 41.5 Å². The highest BCUT2D eigenvalue weighted by molar-refractivity contribution is 7.12. The Morgan fingerprint density at radius 3 is 2.14 bits per heavy atom. The second-order valence-electron chi connectivity index (χ2n) is 10.9. The third-order valence-electron chi connectivity index (χ3n) is 7.93. The number of methoxy groups -OCH3 is 3. The minimum Gasteiger partial charge on any atom is -0.493 e. The number of ketones is 1. The fraction of sp³-hybridized carbons (Fsp3) is 0.471. The number of carbonyl (C=O) groups excluding carboxylic acids is 2. The number of carbonyl (C=O) groups is 2. The van der Waals surface area contributed by atoms with E-state index in [1.54, 1.807) is 21.3 Å². The van der Waals surface area contributed by atoms with Crippen LogP contribution in [0, 0.1) is 6.92 Å². The molecular weight excluding hydrogens is 548 g/mol. The molecular formula is C34H44N2O5S. The molecule has 0 bridgehead atoms. The molecule has 8 heteroatoms. The van der Waals surface area contributed by atoms with E-state index >= 15 is 0 Å². The van der Waals surface area contributed by atoms with Gasteiger partial charge < -0.3 is 19.1 Å². The zero-order valence-electron chi connectivity index (χ0n) is 25.4.